The molecule has 1 unspecified atom stereocenters. The average Bonchev–Trinajstić information content (AvgIpc) is 3.00. The molecule has 3 rings (SSSR count). The molecule has 1 atom stereocenters. The Labute approximate surface area is 153 Å². The van der Waals surface area contributed by atoms with E-state index >= 15 is 0 Å². The van der Waals surface area contributed by atoms with Gasteiger partial charge in [-0.25, -0.2) is 13.4 Å². The lowest BCUT2D eigenvalue weighted by atomic mass is 10.1. The van der Waals surface area contributed by atoms with Crippen LogP contribution in [-0.4, -0.2) is 41.9 Å². The van der Waals surface area contributed by atoms with E-state index in [0.29, 0.717) is 36.6 Å². The molecule has 134 valence electrons. The number of nitrogens with zero attached hydrogens (tertiary/aromatic N) is 4. The summed E-state index contributed by atoms with van der Waals surface area (Å²) in [7, 11) is -1.82. The van der Waals surface area contributed by atoms with Crippen LogP contribution < -0.4 is 5.32 Å². The van der Waals surface area contributed by atoms with Gasteiger partial charge in [0.1, 0.15) is 5.82 Å². The summed E-state index contributed by atoms with van der Waals surface area (Å²) >= 11 is 0. The Kier molecular flexibility index (Phi) is 5.85. The van der Waals surface area contributed by atoms with Crippen LogP contribution in [0.25, 0.3) is 0 Å². The number of hydrogen-bond acceptors (Lipinski definition) is 5. The number of nitriles is 1. The molecule has 1 aliphatic rings. The van der Waals surface area contributed by atoms with Crippen LogP contribution in [-0.2, 0) is 17.1 Å². The molecule has 1 aromatic heterocycles. The lowest BCUT2D eigenvalue weighted by Crippen LogP contribution is -2.49. The normalized spacial score (nSPS) is 18.4. The number of piperazine rings is 1. The van der Waals surface area contributed by atoms with Crippen LogP contribution in [0.3, 0.4) is 0 Å². The molecule has 1 N–H and O–H groups in total. The minimum Gasteiger partial charge on any atom is -0.337 e. The van der Waals surface area contributed by atoms with Crippen LogP contribution in [0.5, 0.6) is 0 Å². The number of benzene rings is 1. The molecule has 2 aromatic rings. The second kappa shape index (κ2) is 7.54. The fourth-order valence-corrected chi connectivity index (χ4v) is 4.62. The molecule has 1 saturated heterocycles. The van der Waals surface area contributed by atoms with Crippen LogP contribution in [0.4, 0.5) is 0 Å². The fraction of sp³-hybridized carbons (Fsp3) is 0.375. The van der Waals surface area contributed by atoms with Gasteiger partial charge in [0.25, 0.3) is 0 Å². The molecule has 0 amide bonds. The molecule has 9 heteroatoms. The summed E-state index contributed by atoms with van der Waals surface area (Å²) in [6, 6.07) is 6.31. The number of aromatic nitrogens is 2. The second-order valence-electron chi connectivity index (χ2n) is 5.82. The predicted octanol–water partition coefficient (Wildman–Crippen LogP) is 1.36. The number of sulfonamides is 1. The van der Waals surface area contributed by atoms with Crippen LogP contribution in [0.2, 0.25) is 0 Å². The zero-order valence-corrected chi connectivity index (χ0v) is 15.6. The van der Waals surface area contributed by atoms with E-state index in [1.54, 1.807) is 31.5 Å². The first-order chi connectivity index (χ1) is 11.4. The third kappa shape index (κ3) is 3.55. The van der Waals surface area contributed by atoms with Gasteiger partial charge in [0.15, 0.2) is 0 Å². The smallest absolute Gasteiger partial charge is 0.243 e. The van der Waals surface area contributed by atoms with E-state index in [1.807, 2.05) is 11.6 Å². The molecule has 1 aliphatic heterocycles. The van der Waals surface area contributed by atoms with Gasteiger partial charge in [-0.1, -0.05) is 0 Å². The Balaban J connectivity index is 0.00000225. The molecule has 1 aromatic carbocycles. The van der Waals surface area contributed by atoms with Crippen molar-refractivity contribution in [2.24, 2.45) is 7.05 Å². The first-order valence-corrected chi connectivity index (χ1v) is 9.09. The summed E-state index contributed by atoms with van der Waals surface area (Å²) in [5.74, 6) is 0.705. The van der Waals surface area contributed by atoms with Gasteiger partial charge < -0.3 is 9.88 Å². The van der Waals surface area contributed by atoms with E-state index in [-0.39, 0.29) is 23.3 Å². The van der Waals surface area contributed by atoms with Gasteiger partial charge in [-0.15, -0.1) is 12.4 Å². The molecule has 0 radical (unpaired) electrons. The minimum absolute atomic E-state index is 0. The Bertz CT molecular complexity index is 903. The quantitative estimate of drug-likeness (QED) is 0.866. The van der Waals surface area contributed by atoms with Crippen molar-refractivity contribution in [2.45, 2.75) is 17.9 Å². The molecule has 2 heterocycles. The van der Waals surface area contributed by atoms with E-state index in [2.05, 4.69) is 16.4 Å². The topological polar surface area (TPSA) is 91.0 Å². The maximum Gasteiger partial charge on any atom is 0.243 e. The van der Waals surface area contributed by atoms with Crippen molar-refractivity contribution in [3.05, 3.63) is 47.5 Å². The van der Waals surface area contributed by atoms with Crippen LogP contribution in [0.15, 0.2) is 35.5 Å². The summed E-state index contributed by atoms with van der Waals surface area (Å²) in [6.07, 6.45) is 3.47. The van der Waals surface area contributed by atoms with Gasteiger partial charge in [0.2, 0.25) is 10.0 Å². The lowest BCUT2D eigenvalue weighted by molar-refractivity contribution is 0.258. The number of halogens is 1. The van der Waals surface area contributed by atoms with E-state index in [1.165, 1.54) is 10.4 Å². The van der Waals surface area contributed by atoms with Gasteiger partial charge in [-0.3, -0.25) is 0 Å². The third-order valence-corrected chi connectivity index (χ3v) is 6.18. The van der Waals surface area contributed by atoms with Crippen LogP contribution >= 0.6 is 12.4 Å². The molecular formula is C16H20ClN5O2S. The van der Waals surface area contributed by atoms with Crippen molar-refractivity contribution in [1.82, 2.24) is 19.2 Å². The number of aryl methyl sites for hydroxylation is 2. The Morgan fingerprint density at radius 2 is 2.16 bits per heavy atom. The first-order valence-electron chi connectivity index (χ1n) is 7.65. The predicted molar refractivity (Wildman–Crippen MR) is 95.9 cm³/mol. The zero-order chi connectivity index (χ0) is 17.3. The third-order valence-electron chi connectivity index (χ3n) is 4.28. The van der Waals surface area contributed by atoms with Crippen molar-refractivity contribution < 1.29 is 8.42 Å². The van der Waals surface area contributed by atoms with E-state index in [0.717, 1.165) is 0 Å². The Hall–Kier alpha value is -1.92. The summed E-state index contributed by atoms with van der Waals surface area (Å²) in [5.41, 5.74) is 1.14. The van der Waals surface area contributed by atoms with Gasteiger partial charge in [-0.2, -0.15) is 9.57 Å². The minimum atomic E-state index is -3.67. The van der Waals surface area contributed by atoms with Crippen LogP contribution in [0.1, 0.15) is 23.0 Å². The molecule has 0 aliphatic carbocycles. The first kappa shape index (κ1) is 19.4. The summed E-state index contributed by atoms with van der Waals surface area (Å²) < 4.78 is 29.6. The fourth-order valence-electron chi connectivity index (χ4n) is 2.95. The molecule has 7 nitrogen and oxygen atoms in total. The molecule has 0 spiro atoms. The number of nitrogens with one attached hydrogen (secondary N) is 1. The Morgan fingerprint density at radius 1 is 1.40 bits per heavy atom. The molecule has 1 fully saturated rings. The van der Waals surface area contributed by atoms with Crippen molar-refractivity contribution in [2.75, 3.05) is 19.6 Å². The SMILES string of the molecule is Cc1cc(S(=O)(=O)N2CCNCC2c2nccn2C)ccc1C#N.Cl. The van der Waals surface area contributed by atoms with Gasteiger partial charge in [-0.05, 0) is 30.7 Å². The maximum atomic E-state index is 13.1. The van der Waals surface area contributed by atoms with E-state index in [4.69, 9.17) is 5.26 Å². The van der Waals surface area contributed by atoms with Gasteiger partial charge in [0.05, 0.1) is 22.6 Å². The largest absolute Gasteiger partial charge is 0.337 e. The lowest BCUT2D eigenvalue weighted by Gasteiger charge is -2.34. The van der Waals surface area contributed by atoms with Gasteiger partial charge >= 0.3 is 0 Å². The highest BCUT2D eigenvalue weighted by molar-refractivity contribution is 7.89. The second-order valence-corrected chi connectivity index (χ2v) is 7.71. The zero-order valence-electron chi connectivity index (χ0n) is 14.0. The van der Waals surface area contributed by atoms with Crippen molar-refractivity contribution in [3.8, 4) is 6.07 Å². The number of imidazole rings is 1. The number of rotatable bonds is 3. The van der Waals surface area contributed by atoms with Crippen LogP contribution in [0, 0.1) is 18.3 Å². The highest BCUT2D eigenvalue weighted by atomic mass is 35.5. The standard InChI is InChI=1S/C16H19N5O2S.ClH/c1-12-9-14(4-3-13(12)10-17)24(22,23)21-8-5-18-11-15(21)16-19-6-7-20(16)2;/h3-4,6-7,9,15,18H,5,8,11H2,1-2H3;1H. The van der Waals surface area contributed by atoms with E-state index < -0.39 is 10.0 Å². The number of hydrogen-bond donors (Lipinski definition) is 1. The summed E-state index contributed by atoms with van der Waals surface area (Å²) in [4.78, 5) is 4.52. The highest BCUT2D eigenvalue weighted by Crippen LogP contribution is 2.28. The van der Waals surface area contributed by atoms with Crippen molar-refractivity contribution in [1.29, 1.82) is 5.26 Å². The molecule has 0 bridgehead atoms. The summed E-state index contributed by atoms with van der Waals surface area (Å²) in [6.45, 7) is 3.22. The monoisotopic (exact) mass is 381 g/mol. The molecular weight excluding hydrogens is 362 g/mol. The van der Waals surface area contributed by atoms with Crippen molar-refractivity contribution >= 4 is 22.4 Å². The highest BCUT2D eigenvalue weighted by Gasteiger charge is 2.36. The summed E-state index contributed by atoms with van der Waals surface area (Å²) in [5, 5.41) is 12.3. The molecule has 25 heavy (non-hydrogen) atoms. The van der Waals surface area contributed by atoms with Crippen molar-refractivity contribution in [3.63, 3.8) is 0 Å². The molecule has 0 saturated carbocycles. The maximum absolute atomic E-state index is 13.1. The Morgan fingerprint density at radius 3 is 2.76 bits per heavy atom. The average molecular weight is 382 g/mol. The van der Waals surface area contributed by atoms with Gasteiger partial charge in [0, 0.05) is 39.1 Å². The van der Waals surface area contributed by atoms with E-state index in [9.17, 15) is 8.42 Å².